The van der Waals surface area contributed by atoms with Crippen LogP contribution in [0.25, 0.3) is 11.5 Å². The zero-order valence-corrected chi connectivity index (χ0v) is 13.9. The minimum absolute atomic E-state index is 0.148. The van der Waals surface area contributed by atoms with Gasteiger partial charge in [-0.05, 0) is 30.7 Å². The van der Waals surface area contributed by atoms with Crippen LogP contribution in [0.2, 0.25) is 0 Å². The van der Waals surface area contributed by atoms with E-state index in [0.29, 0.717) is 0 Å². The summed E-state index contributed by atoms with van der Waals surface area (Å²) >= 11 is 0. The summed E-state index contributed by atoms with van der Waals surface area (Å²) in [6.07, 6.45) is 3.85. The Bertz CT molecular complexity index is 827. The van der Waals surface area contributed by atoms with Crippen molar-refractivity contribution >= 4 is 0 Å². The number of methoxy groups -OCH3 is 1. The molecule has 0 aliphatic carbocycles. The molecular formula is C18H21N5O. The highest BCUT2D eigenvalue weighted by molar-refractivity contribution is 5.51. The van der Waals surface area contributed by atoms with Gasteiger partial charge in [-0.25, -0.2) is 4.98 Å². The summed E-state index contributed by atoms with van der Waals surface area (Å²) < 4.78 is 9.58. The first-order valence-corrected chi connectivity index (χ1v) is 8.21. The minimum Gasteiger partial charge on any atom is -0.497 e. The molecule has 0 fully saturated rings. The highest BCUT2D eigenvalue weighted by atomic mass is 16.5. The van der Waals surface area contributed by atoms with Gasteiger partial charge in [0.25, 0.3) is 0 Å². The molecular weight excluding hydrogens is 302 g/mol. The summed E-state index contributed by atoms with van der Waals surface area (Å²) in [5, 5.41) is 8.11. The molecule has 0 unspecified atom stereocenters. The van der Waals surface area contributed by atoms with Crippen LogP contribution in [-0.2, 0) is 13.1 Å². The fourth-order valence-electron chi connectivity index (χ4n) is 3.19. The molecule has 3 heterocycles. The van der Waals surface area contributed by atoms with Crippen LogP contribution in [0.1, 0.15) is 24.2 Å². The fourth-order valence-corrected chi connectivity index (χ4v) is 3.19. The Labute approximate surface area is 141 Å². The molecule has 1 N–H and O–H groups in total. The number of rotatable bonds is 4. The second kappa shape index (κ2) is 6.13. The second-order valence-electron chi connectivity index (χ2n) is 6.03. The molecule has 0 amide bonds. The molecule has 4 rings (SSSR count). The van der Waals surface area contributed by atoms with Gasteiger partial charge in [-0.1, -0.05) is 12.1 Å². The van der Waals surface area contributed by atoms with Gasteiger partial charge in [0, 0.05) is 25.5 Å². The smallest absolute Gasteiger partial charge is 0.161 e. The summed E-state index contributed by atoms with van der Waals surface area (Å²) in [5.41, 5.74) is 3.31. The van der Waals surface area contributed by atoms with Crippen molar-refractivity contribution in [3.05, 3.63) is 54.0 Å². The molecule has 1 aromatic carbocycles. The van der Waals surface area contributed by atoms with E-state index in [4.69, 9.17) is 9.84 Å². The molecule has 24 heavy (non-hydrogen) atoms. The van der Waals surface area contributed by atoms with Gasteiger partial charge in [-0.15, -0.1) is 0 Å². The van der Waals surface area contributed by atoms with Crippen LogP contribution in [-0.4, -0.2) is 33.0 Å². The molecule has 124 valence electrons. The lowest BCUT2D eigenvalue weighted by molar-refractivity contribution is 0.413. The molecule has 6 heteroatoms. The predicted octanol–water partition coefficient (Wildman–Crippen LogP) is 2.47. The Morgan fingerprint density at radius 1 is 1.29 bits per heavy atom. The molecule has 0 bridgehead atoms. The van der Waals surface area contributed by atoms with Crippen molar-refractivity contribution in [2.24, 2.45) is 0 Å². The summed E-state index contributed by atoms with van der Waals surface area (Å²) in [7, 11) is 1.69. The number of imidazole rings is 1. The Morgan fingerprint density at radius 3 is 3.04 bits per heavy atom. The normalized spacial score (nSPS) is 15.1. The van der Waals surface area contributed by atoms with Gasteiger partial charge in [-0.2, -0.15) is 5.10 Å². The Hall–Kier alpha value is -2.60. The minimum atomic E-state index is 0.148. The molecule has 1 aliphatic heterocycles. The number of aromatic nitrogens is 4. The third kappa shape index (κ3) is 2.59. The molecule has 0 spiro atoms. The molecule has 1 atom stereocenters. The fraction of sp³-hybridized carbons (Fsp3) is 0.333. The van der Waals surface area contributed by atoms with Gasteiger partial charge in [0.15, 0.2) is 5.82 Å². The van der Waals surface area contributed by atoms with Crippen LogP contribution in [0.4, 0.5) is 0 Å². The standard InChI is InChI=1S/C18H21N5O/c1-13(14-4-3-5-16(10-14)24-2)22-8-7-20-18(22)17-11-15-12-19-6-9-23(15)21-17/h3-5,7-8,10-11,13,19H,6,9,12H2,1-2H3/t13-/m1/s1. The largest absolute Gasteiger partial charge is 0.497 e. The highest BCUT2D eigenvalue weighted by Gasteiger charge is 2.19. The molecule has 0 saturated heterocycles. The summed E-state index contributed by atoms with van der Waals surface area (Å²) in [4.78, 5) is 4.55. The number of hydrogen-bond donors (Lipinski definition) is 1. The van der Waals surface area contributed by atoms with Crippen LogP contribution in [0, 0.1) is 0 Å². The first-order valence-electron chi connectivity index (χ1n) is 8.21. The number of ether oxygens (including phenoxy) is 1. The van der Waals surface area contributed by atoms with E-state index < -0.39 is 0 Å². The third-order valence-electron chi connectivity index (χ3n) is 4.56. The van der Waals surface area contributed by atoms with E-state index in [-0.39, 0.29) is 6.04 Å². The first-order chi connectivity index (χ1) is 11.8. The molecule has 3 aromatic rings. The molecule has 6 nitrogen and oxygen atoms in total. The van der Waals surface area contributed by atoms with Gasteiger partial charge in [-0.3, -0.25) is 4.68 Å². The van der Waals surface area contributed by atoms with E-state index in [1.54, 1.807) is 7.11 Å². The molecule has 1 aliphatic rings. The van der Waals surface area contributed by atoms with Gasteiger partial charge in [0.05, 0.1) is 25.4 Å². The Balaban J connectivity index is 1.70. The lowest BCUT2D eigenvalue weighted by atomic mass is 10.1. The first kappa shape index (κ1) is 15.0. The Kier molecular flexibility index (Phi) is 3.82. The number of nitrogens with one attached hydrogen (secondary N) is 1. The van der Waals surface area contributed by atoms with Crippen LogP contribution in [0.3, 0.4) is 0 Å². The van der Waals surface area contributed by atoms with Crippen LogP contribution < -0.4 is 10.1 Å². The number of fused-ring (bicyclic) bond motifs is 1. The van der Waals surface area contributed by atoms with Crippen molar-refractivity contribution in [2.75, 3.05) is 13.7 Å². The zero-order valence-electron chi connectivity index (χ0n) is 13.9. The maximum atomic E-state index is 5.34. The highest BCUT2D eigenvalue weighted by Crippen LogP contribution is 2.27. The van der Waals surface area contributed by atoms with E-state index >= 15 is 0 Å². The zero-order chi connectivity index (χ0) is 16.5. The SMILES string of the molecule is COc1cccc([C@@H](C)n2ccnc2-c2cc3n(n2)CCNC3)c1. The summed E-state index contributed by atoms with van der Waals surface area (Å²) in [6.45, 7) is 4.89. The number of hydrogen-bond acceptors (Lipinski definition) is 4. The predicted molar refractivity (Wildman–Crippen MR) is 92.0 cm³/mol. The van der Waals surface area contributed by atoms with Crippen molar-refractivity contribution in [1.29, 1.82) is 0 Å². The lowest BCUT2D eigenvalue weighted by Crippen LogP contribution is -2.28. The second-order valence-corrected chi connectivity index (χ2v) is 6.03. The molecule has 2 aromatic heterocycles. The van der Waals surface area contributed by atoms with Crippen molar-refractivity contribution in [3.63, 3.8) is 0 Å². The van der Waals surface area contributed by atoms with Crippen LogP contribution in [0.15, 0.2) is 42.7 Å². The van der Waals surface area contributed by atoms with Crippen molar-refractivity contribution < 1.29 is 4.74 Å². The van der Waals surface area contributed by atoms with E-state index in [1.807, 2.05) is 24.5 Å². The lowest BCUT2D eigenvalue weighted by Gasteiger charge is -2.17. The van der Waals surface area contributed by atoms with Crippen molar-refractivity contribution in [1.82, 2.24) is 24.6 Å². The molecule has 0 radical (unpaired) electrons. The van der Waals surface area contributed by atoms with Crippen LogP contribution >= 0.6 is 0 Å². The van der Waals surface area contributed by atoms with E-state index in [1.165, 1.54) is 11.3 Å². The number of benzene rings is 1. The summed E-state index contributed by atoms with van der Waals surface area (Å²) in [5.74, 6) is 1.76. The quantitative estimate of drug-likeness (QED) is 0.801. The Morgan fingerprint density at radius 2 is 2.21 bits per heavy atom. The van der Waals surface area contributed by atoms with Crippen LogP contribution in [0.5, 0.6) is 5.75 Å². The van der Waals surface area contributed by atoms with E-state index in [2.05, 4.69) is 44.7 Å². The van der Waals surface area contributed by atoms with Gasteiger partial charge >= 0.3 is 0 Å². The molecule has 0 saturated carbocycles. The van der Waals surface area contributed by atoms with Crippen molar-refractivity contribution in [2.45, 2.75) is 26.1 Å². The topological polar surface area (TPSA) is 56.9 Å². The van der Waals surface area contributed by atoms with E-state index in [9.17, 15) is 0 Å². The average Bonchev–Trinajstić information content (AvgIpc) is 3.27. The van der Waals surface area contributed by atoms with E-state index in [0.717, 1.165) is 36.9 Å². The summed E-state index contributed by atoms with van der Waals surface area (Å²) in [6, 6.07) is 10.4. The maximum absolute atomic E-state index is 5.34. The average molecular weight is 323 g/mol. The maximum Gasteiger partial charge on any atom is 0.161 e. The third-order valence-corrected chi connectivity index (χ3v) is 4.56. The van der Waals surface area contributed by atoms with Crippen molar-refractivity contribution in [3.8, 4) is 17.3 Å². The van der Waals surface area contributed by atoms with Gasteiger partial charge in [0.1, 0.15) is 11.4 Å². The van der Waals surface area contributed by atoms with Gasteiger partial charge < -0.3 is 14.6 Å². The number of nitrogens with zero attached hydrogens (tertiary/aromatic N) is 4. The monoisotopic (exact) mass is 323 g/mol. The van der Waals surface area contributed by atoms with Gasteiger partial charge in [0.2, 0.25) is 0 Å².